The van der Waals surface area contributed by atoms with Crippen LogP contribution in [0.3, 0.4) is 0 Å². The molecule has 0 fully saturated rings. The average Bonchev–Trinajstić information content (AvgIpc) is 4.02. The second kappa shape index (κ2) is 13.5. The van der Waals surface area contributed by atoms with Gasteiger partial charge in [-0.2, -0.15) is 0 Å². The van der Waals surface area contributed by atoms with E-state index in [9.17, 15) is 0 Å². The summed E-state index contributed by atoms with van der Waals surface area (Å²) in [5.74, 6) is 0. The first-order valence-electron chi connectivity index (χ1n) is 24.5. The number of hydrogen-bond donors (Lipinski definition) is 0. The van der Waals surface area contributed by atoms with Crippen LogP contribution in [-0.2, 0) is 21.7 Å². The highest BCUT2D eigenvalue weighted by atomic mass is 79.9. The zero-order valence-electron chi connectivity index (χ0n) is 39.1. The van der Waals surface area contributed by atoms with Crippen molar-refractivity contribution in [1.29, 1.82) is 0 Å². The lowest BCUT2D eigenvalue weighted by molar-refractivity contribution is 0.633. The zero-order valence-corrected chi connectivity index (χ0v) is 40.7. The summed E-state index contributed by atoms with van der Waals surface area (Å²) in [7, 11) is 0. The monoisotopic (exact) mass is 942 g/mol. The summed E-state index contributed by atoms with van der Waals surface area (Å²) in [4.78, 5) is 0. The molecule has 5 aliphatic carbocycles. The van der Waals surface area contributed by atoms with Gasteiger partial charge < -0.3 is 0 Å². The molecule has 0 nitrogen and oxygen atoms in total. The van der Waals surface area contributed by atoms with Gasteiger partial charge in [0.25, 0.3) is 0 Å². The highest BCUT2D eigenvalue weighted by molar-refractivity contribution is 9.10. The topological polar surface area (TPSA) is 0 Å². The molecule has 15 rings (SSSR count). The van der Waals surface area contributed by atoms with Gasteiger partial charge in [0.05, 0.1) is 10.8 Å². The minimum Gasteiger partial charge on any atom is -0.0619 e. The van der Waals surface area contributed by atoms with E-state index in [2.05, 4.69) is 256 Å². The van der Waals surface area contributed by atoms with Crippen LogP contribution >= 0.6 is 15.9 Å². The molecule has 69 heavy (non-hydrogen) atoms. The number of rotatable bonds is 2. The Morgan fingerprint density at radius 2 is 0.565 bits per heavy atom. The molecule has 0 amide bonds. The van der Waals surface area contributed by atoms with Crippen LogP contribution in [0.1, 0.15) is 94.5 Å². The molecule has 10 aromatic rings. The maximum absolute atomic E-state index is 4.14. The first kappa shape index (κ1) is 39.7. The maximum Gasteiger partial charge on any atom is 0.0720 e. The quantitative estimate of drug-likeness (QED) is 0.162. The summed E-state index contributed by atoms with van der Waals surface area (Å²) in [6.07, 6.45) is 0. The first-order valence-corrected chi connectivity index (χ1v) is 25.3. The fourth-order valence-electron chi connectivity index (χ4n) is 14.5. The Balaban J connectivity index is 1.07. The molecule has 0 radical (unpaired) electrons. The van der Waals surface area contributed by atoms with Crippen molar-refractivity contribution >= 4 is 15.9 Å². The lowest BCUT2D eigenvalue weighted by Crippen LogP contribution is -2.44. The fraction of sp³-hybridized carbons (Fsp3) is 0.118. The van der Waals surface area contributed by atoms with E-state index in [1.807, 2.05) is 0 Å². The van der Waals surface area contributed by atoms with E-state index in [4.69, 9.17) is 0 Å². The van der Waals surface area contributed by atoms with Crippen LogP contribution in [0.25, 0.3) is 66.8 Å². The van der Waals surface area contributed by atoms with Gasteiger partial charge in [-0.1, -0.05) is 226 Å². The van der Waals surface area contributed by atoms with E-state index in [1.54, 1.807) is 0 Å². The number of hydrogen-bond acceptors (Lipinski definition) is 0. The molecule has 1 heteroatoms. The van der Waals surface area contributed by atoms with E-state index in [0.29, 0.717) is 0 Å². The van der Waals surface area contributed by atoms with Gasteiger partial charge >= 0.3 is 0 Å². The van der Waals surface area contributed by atoms with Crippen molar-refractivity contribution < 1.29 is 0 Å². The van der Waals surface area contributed by atoms with Crippen LogP contribution in [0.4, 0.5) is 0 Å². The minimum absolute atomic E-state index is 0.0605. The van der Waals surface area contributed by atoms with E-state index in [0.717, 1.165) is 4.47 Å². The standard InChI is InChI=1S/C68H47Br/c1-65(2)51-21-10-5-18-46(51)49-36-40(28-32-53(49)65)42-31-35-59-61(38-42)67(55-23-12-7-16-44(55)45-17-8-13-24-56(45)67)58-34-30-43(41-29-33-54-50(37-41)47-19-6-11-22-52(47)66(54,3)4)39-62(58)68(59)57-25-14-9-20-48(57)64-60(68)26-15-27-63(64)69/h5-39H,1-4H3. The van der Waals surface area contributed by atoms with Gasteiger partial charge in [-0.15, -0.1) is 0 Å². The normalized spacial score (nSPS) is 17.8. The second-order valence-corrected chi connectivity index (χ2v) is 22.0. The third-order valence-electron chi connectivity index (χ3n) is 17.5. The molecule has 326 valence electrons. The van der Waals surface area contributed by atoms with Crippen LogP contribution < -0.4 is 0 Å². The summed E-state index contributed by atoms with van der Waals surface area (Å²) in [6.45, 7) is 9.49. The van der Waals surface area contributed by atoms with Crippen LogP contribution in [0.15, 0.2) is 217 Å². The van der Waals surface area contributed by atoms with Crippen molar-refractivity contribution in [3.05, 3.63) is 284 Å². The maximum atomic E-state index is 4.14. The molecule has 0 saturated carbocycles. The van der Waals surface area contributed by atoms with Crippen LogP contribution in [0, 0.1) is 0 Å². The van der Waals surface area contributed by atoms with Gasteiger partial charge in [0.2, 0.25) is 0 Å². The largest absolute Gasteiger partial charge is 0.0720 e. The Labute approximate surface area is 413 Å². The van der Waals surface area contributed by atoms with Crippen LogP contribution in [-0.4, -0.2) is 0 Å². The van der Waals surface area contributed by atoms with Gasteiger partial charge in [-0.25, -0.2) is 0 Å². The Morgan fingerprint density at radius 3 is 1.03 bits per heavy atom. The highest BCUT2D eigenvalue weighted by Crippen LogP contribution is 2.68. The summed E-state index contributed by atoms with van der Waals surface area (Å²) in [6, 6.07) is 82.2. The van der Waals surface area contributed by atoms with Gasteiger partial charge in [0, 0.05) is 20.9 Å². The molecule has 0 heterocycles. The molecule has 0 saturated heterocycles. The van der Waals surface area contributed by atoms with Gasteiger partial charge in [-0.3, -0.25) is 0 Å². The lowest BCUT2D eigenvalue weighted by atomic mass is 9.52. The minimum atomic E-state index is -0.626. The smallest absolute Gasteiger partial charge is 0.0619 e. The van der Waals surface area contributed by atoms with E-state index in [1.165, 1.54) is 134 Å². The van der Waals surface area contributed by atoms with Gasteiger partial charge in [-0.05, 0) is 158 Å². The van der Waals surface area contributed by atoms with Crippen molar-refractivity contribution in [3.8, 4) is 66.8 Å². The third-order valence-corrected chi connectivity index (χ3v) is 18.1. The first-order chi connectivity index (χ1) is 33.6. The Morgan fingerprint density at radius 1 is 0.246 bits per heavy atom. The van der Waals surface area contributed by atoms with Crippen molar-refractivity contribution in [2.24, 2.45) is 0 Å². The van der Waals surface area contributed by atoms with Crippen molar-refractivity contribution in [3.63, 3.8) is 0 Å². The summed E-state index contributed by atoms with van der Waals surface area (Å²) >= 11 is 4.14. The van der Waals surface area contributed by atoms with E-state index in [-0.39, 0.29) is 10.8 Å². The molecule has 0 aromatic heterocycles. The molecule has 1 unspecified atom stereocenters. The molecule has 5 aliphatic rings. The summed E-state index contributed by atoms with van der Waals surface area (Å²) in [5, 5.41) is 0. The second-order valence-electron chi connectivity index (χ2n) is 21.2. The highest BCUT2D eigenvalue weighted by Gasteiger charge is 2.59. The SMILES string of the molecule is CC1(C)c2ccccc2-c2cc(-c3ccc4c(c3)C3(c5ccccc5-c5ccccc53)c3ccc(-c5ccc6c(c5)-c5ccccc5C6(C)C)cc3C43c4ccccc4-c4c(Br)cccc43)ccc21. The molecule has 10 aromatic carbocycles. The fourth-order valence-corrected chi connectivity index (χ4v) is 15.1. The van der Waals surface area contributed by atoms with Crippen molar-refractivity contribution in [1.82, 2.24) is 0 Å². The zero-order chi connectivity index (χ0) is 46.2. The average molecular weight is 944 g/mol. The van der Waals surface area contributed by atoms with Crippen LogP contribution in [0.2, 0.25) is 0 Å². The Hall–Kier alpha value is -7.32. The van der Waals surface area contributed by atoms with Gasteiger partial charge in [0.15, 0.2) is 0 Å². The van der Waals surface area contributed by atoms with Crippen molar-refractivity contribution in [2.45, 2.75) is 49.4 Å². The number of benzene rings is 10. The number of fused-ring (bicyclic) bond motifs is 22. The molecule has 0 aliphatic heterocycles. The Bertz CT molecular complexity index is 3890. The number of halogens is 1. The molecule has 2 spiro atoms. The molecule has 0 N–H and O–H groups in total. The molecule has 1 atom stereocenters. The van der Waals surface area contributed by atoms with E-state index >= 15 is 0 Å². The summed E-state index contributed by atoms with van der Waals surface area (Å²) in [5.41, 5.74) is 30.4. The lowest BCUT2D eigenvalue weighted by Gasteiger charge is -2.49. The third kappa shape index (κ3) is 4.75. The van der Waals surface area contributed by atoms with Crippen LogP contribution in [0.5, 0.6) is 0 Å². The molecular formula is C68H47Br. The van der Waals surface area contributed by atoms with Crippen molar-refractivity contribution in [2.75, 3.05) is 0 Å². The molecule has 0 bridgehead atoms. The Kier molecular flexibility index (Phi) is 7.74. The predicted octanol–water partition coefficient (Wildman–Crippen LogP) is 17.4. The van der Waals surface area contributed by atoms with E-state index < -0.39 is 10.8 Å². The van der Waals surface area contributed by atoms with Gasteiger partial charge in [0.1, 0.15) is 0 Å². The summed E-state index contributed by atoms with van der Waals surface area (Å²) < 4.78 is 1.12. The predicted molar refractivity (Wildman–Crippen MR) is 288 cm³/mol. The molecular weight excluding hydrogens is 897 g/mol.